The van der Waals surface area contributed by atoms with Gasteiger partial charge in [0.25, 0.3) is 0 Å². The minimum Gasteiger partial charge on any atom is -0.478 e. The van der Waals surface area contributed by atoms with E-state index in [4.69, 9.17) is 5.11 Å². The van der Waals surface area contributed by atoms with Gasteiger partial charge in [0.15, 0.2) is 0 Å². The zero-order chi connectivity index (χ0) is 23.9. The topological polar surface area (TPSA) is 40.5 Å². The molecule has 0 radical (unpaired) electrons. The van der Waals surface area contributed by atoms with Gasteiger partial charge in [0.1, 0.15) is 0 Å². The molecule has 0 aliphatic heterocycles. The second kappa shape index (κ2) is 10.5. The summed E-state index contributed by atoms with van der Waals surface area (Å²) in [6.45, 7) is 4.20. The molecule has 0 unspecified atom stereocenters. The molecule has 1 N–H and O–H groups in total. The summed E-state index contributed by atoms with van der Waals surface area (Å²) in [7, 11) is 0. The van der Waals surface area contributed by atoms with Gasteiger partial charge in [-0.1, -0.05) is 83.9 Å². The molecule has 34 heavy (non-hydrogen) atoms. The van der Waals surface area contributed by atoms with Gasteiger partial charge in [0.2, 0.25) is 0 Å². The van der Waals surface area contributed by atoms with E-state index in [2.05, 4.69) is 104 Å². The number of nitrogens with zero attached hydrogens (tertiary/aromatic N) is 1. The summed E-state index contributed by atoms with van der Waals surface area (Å²) >= 11 is 0. The molecule has 0 heterocycles. The summed E-state index contributed by atoms with van der Waals surface area (Å²) in [4.78, 5) is 12.9. The third-order valence-electron chi connectivity index (χ3n) is 5.56. The lowest BCUT2D eigenvalue weighted by Crippen LogP contribution is -2.09. The summed E-state index contributed by atoms with van der Waals surface area (Å²) < 4.78 is 0. The van der Waals surface area contributed by atoms with E-state index in [-0.39, 0.29) is 0 Å². The summed E-state index contributed by atoms with van der Waals surface area (Å²) in [6, 6.07) is 33.4. The molecule has 0 saturated heterocycles. The molecule has 0 saturated carbocycles. The number of carboxylic acid groups (broad SMARTS) is 1. The van der Waals surface area contributed by atoms with E-state index in [0.29, 0.717) is 0 Å². The van der Waals surface area contributed by atoms with Crippen molar-refractivity contribution in [2.75, 3.05) is 4.90 Å². The Balaban J connectivity index is 1.56. The van der Waals surface area contributed by atoms with E-state index in [9.17, 15) is 4.79 Å². The van der Waals surface area contributed by atoms with Gasteiger partial charge in [-0.2, -0.15) is 0 Å². The number of anilines is 3. The number of aryl methyl sites for hydroxylation is 2. The molecule has 0 spiro atoms. The van der Waals surface area contributed by atoms with Crippen LogP contribution in [0.5, 0.6) is 0 Å². The second-order valence-corrected chi connectivity index (χ2v) is 8.27. The Kier molecular flexibility index (Phi) is 7.04. The number of rotatable bonds is 7. The molecule has 0 bridgehead atoms. The van der Waals surface area contributed by atoms with Crippen molar-refractivity contribution in [3.05, 3.63) is 131 Å². The highest BCUT2D eigenvalue weighted by atomic mass is 16.4. The highest BCUT2D eigenvalue weighted by Crippen LogP contribution is 2.34. The maximum atomic E-state index is 10.7. The van der Waals surface area contributed by atoms with Crippen molar-refractivity contribution in [3.8, 4) is 0 Å². The first-order chi connectivity index (χ1) is 16.5. The van der Waals surface area contributed by atoms with E-state index in [1.807, 2.05) is 24.3 Å². The van der Waals surface area contributed by atoms with Gasteiger partial charge in [0.05, 0.1) is 0 Å². The standard InChI is InChI=1S/C31H27NO2/c1-23-3-16-28(17-4-23)32(29-18-5-24(2)6-19-29)30-20-13-27(14-21-30)12-9-25-7-10-26(11-8-25)15-22-31(33)34/h3-22H,1-2H3,(H,33,34)/b12-9?,22-15+. The monoisotopic (exact) mass is 445 g/mol. The van der Waals surface area contributed by atoms with Gasteiger partial charge in [-0.25, -0.2) is 4.79 Å². The van der Waals surface area contributed by atoms with Gasteiger partial charge in [-0.3, -0.25) is 0 Å². The predicted molar refractivity (Wildman–Crippen MR) is 143 cm³/mol. The Hall–Kier alpha value is -4.37. The fourth-order valence-electron chi connectivity index (χ4n) is 3.65. The maximum Gasteiger partial charge on any atom is 0.328 e. The quantitative estimate of drug-likeness (QED) is 0.231. The van der Waals surface area contributed by atoms with Crippen molar-refractivity contribution >= 4 is 41.3 Å². The largest absolute Gasteiger partial charge is 0.478 e. The Bertz CT molecular complexity index is 1250. The third-order valence-corrected chi connectivity index (χ3v) is 5.56. The minimum atomic E-state index is -0.948. The Morgan fingerprint density at radius 2 is 0.882 bits per heavy atom. The summed E-state index contributed by atoms with van der Waals surface area (Å²) in [5.41, 5.74) is 8.82. The first-order valence-electron chi connectivity index (χ1n) is 11.2. The average molecular weight is 446 g/mol. The van der Waals surface area contributed by atoms with Gasteiger partial charge in [-0.05, 0) is 73.0 Å². The highest BCUT2D eigenvalue weighted by molar-refractivity contribution is 5.85. The van der Waals surface area contributed by atoms with Gasteiger partial charge in [0, 0.05) is 23.1 Å². The minimum absolute atomic E-state index is 0.858. The van der Waals surface area contributed by atoms with Crippen LogP contribution in [0.3, 0.4) is 0 Å². The van der Waals surface area contributed by atoms with Crippen molar-refractivity contribution in [2.45, 2.75) is 13.8 Å². The molecule has 0 atom stereocenters. The van der Waals surface area contributed by atoms with Gasteiger partial charge >= 0.3 is 5.97 Å². The van der Waals surface area contributed by atoms with E-state index in [1.165, 1.54) is 11.1 Å². The fourth-order valence-corrected chi connectivity index (χ4v) is 3.65. The summed E-state index contributed by atoms with van der Waals surface area (Å²) in [6.07, 6.45) is 6.86. The van der Waals surface area contributed by atoms with E-state index in [0.717, 1.165) is 39.8 Å². The first kappa shape index (κ1) is 22.8. The van der Waals surface area contributed by atoms with Crippen molar-refractivity contribution < 1.29 is 9.90 Å². The number of carbonyl (C=O) groups is 1. The molecule has 0 aliphatic rings. The number of hydrogen-bond donors (Lipinski definition) is 1. The summed E-state index contributed by atoms with van der Waals surface area (Å²) in [5, 5.41) is 8.74. The zero-order valence-corrected chi connectivity index (χ0v) is 19.3. The van der Waals surface area contributed by atoms with E-state index < -0.39 is 5.97 Å². The lowest BCUT2D eigenvalue weighted by atomic mass is 10.1. The van der Waals surface area contributed by atoms with Crippen molar-refractivity contribution in [2.24, 2.45) is 0 Å². The van der Waals surface area contributed by atoms with Crippen LogP contribution in [0.2, 0.25) is 0 Å². The molecule has 0 amide bonds. The molecule has 0 aliphatic carbocycles. The van der Waals surface area contributed by atoms with Crippen LogP contribution in [-0.2, 0) is 4.79 Å². The Morgan fingerprint density at radius 1 is 0.559 bits per heavy atom. The molecule has 4 aromatic carbocycles. The van der Waals surface area contributed by atoms with Crippen LogP contribution < -0.4 is 4.90 Å². The molecule has 0 aromatic heterocycles. The van der Waals surface area contributed by atoms with Gasteiger partial charge < -0.3 is 10.0 Å². The Labute approximate surface area is 200 Å². The van der Waals surface area contributed by atoms with Crippen LogP contribution in [0.25, 0.3) is 18.2 Å². The molecular weight excluding hydrogens is 418 g/mol. The zero-order valence-electron chi connectivity index (χ0n) is 19.3. The van der Waals surface area contributed by atoms with Crippen molar-refractivity contribution in [1.29, 1.82) is 0 Å². The molecule has 3 nitrogen and oxygen atoms in total. The number of hydrogen-bond acceptors (Lipinski definition) is 2. The Morgan fingerprint density at radius 3 is 1.26 bits per heavy atom. The second-order valence-electron chi connectivity index (χ2n) is 8.27. The van der Waals surface area contributed by atoms with Crippen LogP contribution in [0.4, 0.5) is 17.1 Å². The molecular formula is C31H27NO2. The molecule has 168 valence electrons. The van der Waals surface area contributed by atoms with Crippen molar-refractivity contribution in [3.63, 3.8) is 0 Å². The first-order valence-corrected chi connectivity index (χ1v) is 11.2. The fraction of sp³-hybridized carbons (Fsp3) is 0.0645. The van der Waals surface area contributed by atoms with Crippen molar-refractivity contribution in [1.82, 2.24) is 0 Å². The predicted octanol–water partition coefficient (Wildman–Crippen LogP) is 8.04. The highest BCUT2D eigenvalue weighted by Gasteiger charge is 2.12. The SMILES string of the molecule is Cc1ccc(N(c2ccc(C)cc2)c2ccc(C=Cc3ccc(/C=C/C(=O)O)cc3)cc2)cc1. The van der Waals surface area contributed by atoms with Crippen LogP contribution in [0.1, 0.15) is 27.8 Å². The smallest absolute Gasteiger partial charge is 0.328 e. The molecule has 0 fully saturated rings. The van der Waals surface area contributed by atoms with Crippen LogP contribution in [0, 0.1) is 13.8 Å². The lowest BCUT2D eigenvalue weighted by molar-refractivity contribution is -0.131. The number of carboxylic acids is 1. The third kappa shape index (κ3) is 5.90. The van der Waals surface area contributed by atoms with E-state index >= 15 is 0 Å². The normalized spacial score (nSPS) is 11.2. The van der Waals surface area contributed by atoms with Crippen LogP contribution in [-0.4, -0.2) is 11.1 Å². The van der Waals surface area contributed by atoms with E-state index in [1.54, 1.807) is 6.08 Å². The van der Waals surface area contributed by atoms with Crippen LogP contribution >= 0.6 is 0 Å². The van der Waals surface area contributed by atoms with Gasteiger partial charge in [-0.15, -0.1) is 0 Å². The number of benzene rings is 4. The summed E-state index contributed by atoms with van der Waals surface area (Å²) in [5.74, 6) is -0.948. The van der Waals surface area contributed by atoms with Crippen LogP contribution in [0.15, 0.2) is 103 Å². The molecule has 4 rings (SSSR count). The molecule has 3 heteroatoms. The average Bonchev–Trinajstić information content (AvgIpc) is 2.85. The number of aliphatic carboxylic acids is 1. The molecule has 4 aromatic rings. The lowest BCUT2D eigenvalue weighted by Gasteiger charge is -2.25. The maximum absolute atomic E-state index is 10.7.